The van der Waals surface area contributed by atoms with Gasteiger partial charge in [-0.2, -0.15) is 0 Å². The Morgan fingerprint density at radius 3 is 2.36 bits per heavy atom. The molecule has 1 amide bonds. The first-order valence-electron chi connectivity index (χ1n) is 8.40. The first kappa shape index (κ1) is 18.7. The van der Waals surface area contributed by atoms with Crippen molar-refractivity contribution in [2.75, 3.05) is 13.7 Å². The molecule has 0 aliphatic carbocycles. The predicted octanol–water partition coefficient (Wildman–Crippen LogP) is 4.33. The molecule has 0 saturated heterocycles. The van der Waals surface area contributed by atoms with Gasteiger partial charge in [0.25, 0.3) is 0 Å². The fraction of sp³-hybridized carbons (Fsp3) is 0.286. The van der Waals surface area contributed by atoms with Crippen LogP contribution in [0.2, 0.25) is 0 Å². The normalized spacial score (nSPS) is 12.2. The van der Waals surface area contributed by atoms with E-state index in [0.29, 0.717) is 6.54 Å². The zero-order valence-corrected chi connectivity index (χ0v) is 14.9. The van der Waals surface area contributed by atoms with Crippen molar-refractivity contribution >= 4 is 12.0 Å². The highest BCUT2D eigenvalue weighted by Gasteiger charge is 2.16. The van der Waals surface area contributed by atoms with E-state index in [9.17, 15) is 9.18 Å². The van der Waals surface area contributed by atoms with E-state index in [1.807, 2.05) is 43.0 Å². The van der Waals surface area contributed by atoms with Gasteiger partial charge < -0.3 is 9.64 Å². The zero-order valence-electron chi connectivity index (χ0n) is 14.9. The van der Waals surface area contributed by atoms with Gasteiger partial charge in [0.15, 0.2) is 0 Å². The average Bonchev–Trinajstić information content (AvgIpc) is 2.62. The lowest BCUT2D eigenvalue weighted by Gasteiger charge is -2.27. The minimum Gasteiger partial charge on any atom is -0.497 e. The summed E-state index contributed by atoms with van der Waals surface area (Å²) >= 11 is 0. The van der Waals surface area contributed by atoms with E-state index < -0.39 is 0 Å². The van der Waals surface area contributed by atoms with Crippen LogP contribution in [-0.2, 0) is 11.2 Å². The lowest BCUT2D eigenvalue weighted by molar-refractivity contribution is -0.127. The number of halogens is 1. The van der Waals surface area contributed by atoms with Gasteiger partial charge in [-0.15, -0.1) is 0 Å². The van der Waals surface area contributed by atoms with Crippen molar-refractivity contribution < 1.29 is 13.9 Å². The van der Waals surface area contributed by atoms with Crippen LogP contribution >= 0.6 is 0 Å². The number of hydrogen-bond acceptors (Lipinski definition) is 2. The fourth-order valence-corrected chi connectivity index (χ4v) is 2.73. The zero-order chi connectivity index (χ0) is 18.2. The molecule has 0 aliphatic rings. The van der Waals surface area contributed by atoms with E-state index >= 15 is 0 Å². The second-order valence-electron chi connectivity index (χ2n) is 5.91. The Morgan fingerprint density at radius 2 is 1.80 bits per heavy atom. The summed E-state index contributed by atoms with van der Waals surface area (Å²) in [7, 11) is 1.64. The SMILES string of the molecule is CCN(C(=O)C=Cc1ccc(F)cc1)C(C)Cc1ccc(OC)cc1. The standard InChI is InChI=1S/C21H24FNO2/c1-4-23(16(2)15-18-7-12-20(25-3)13-8-18)21(24)14-9-17-5-10-19(22)11-6-17/h5-14,16H,4,15H2,1-3H3. The third kappa shape index (κ3) is 5.45. The Bertz CT molecular complexity index is 708. The molecule has 2 aromatic carbocycles. The van der Waals surface area contributed by atoms with E-state index in [-0.39, 0.29) is 17.8 Å². The van der Waals surface area contributed by atoms with Crippen LogP contribution < -0.4 is 4.74 Å². The van der Waals surface area contributed by atoms with Gasteiger partial charge >= 0.3 is 0 Å². The highest BCUT2D eigenvalue weighted by molar-refractivity contribution is 5.92. The van der Waals surface area contributed by atoms with Crippen LogP contribution in [-0.4, -0.2) is 30.5 Å². The van der Waals surface area contributed by atoms with Crippen LogP contribution in [0.5, 0.6) is 5.75 Å². The van der Waals surface area contributed by atoms with Gasteiger partial charge in [-0.05, 0) is 61.7 Å². The van der Waals surface area contributed by atoms with Gasteiger partial charge in [0.1, 0.15) is 11.6 Å². The molecule has 0 N–H and O–H groups in total. The molecule has 0 fully saturated rings. The van der Waals surface area contributed by atoms with E-state index in [1.165, 1.54) is 12.1 Å². The molecule has 3 nitrogen and oxygen atoms in total. The molecule has 4 heteroatoms. The van der Waals surface area contributed by atoms with Crippen molar-refractivity contribution in [3.8, 4) is 5.75 Å². The maximum atomic E-state index is 12.9. The molecule has 1 atom stereocenters. The van der Waals surface area contributed by atoms with Crippen LogP contribution in [0.3, 0.4) is 0 Å². The number of likely N-dealkylation sites (N-methyl/N-ethyl adjacent to an activating group) is 1. The van der Waals surface area contributed by atoms with Crippen molar-refractivity contribution in [1.29, 1.82) is 0 Å². The van der Waals surface area contributed by atoms with Crippen LogP contribution in [0.25, 0.3) is 6.08 Å². The molecule has 0 spiro atoms. The summed E-state index contributed by atoms with van der Waals surface area (Å²) in [4.78, 5) is 14.3. The number of carbonyl (C=O) groups excluding carboxylic acids is 1. The molecule has 132 valence electrons. The van der Waals surface area contributed by atoms with Gasteiger partial charge in [0, 0.05) is 18.7 Å². The van der Waals surface area contributed by atoms with Crippen molar-refractivity contribution in [2.24, 2.45) is 0 Å². The summed E-state index contributed by atoms with van der Waals surface area (Å²) in [5.41, 5.74) is 1.95. The quantitative estimate of drug-likeness (QED) is 0.702. The molecule has 25 heavy (non-hydrogen) atoms. The Kier molecular flexibility index (Phi) is 6.75. The van der Waals surface area contributed by atoms with Crippen LogP contribution in [0.15, 0.2) is 54.6 Å². The number of rotatable bonds is 7. The monoisotopic (exact) mass is 341 g/mol. The van der Waals surface area contributed by atoms with Gasteiger partial charge in [0.05, 0.1) is 7.11 Å². The Hall–Kier alpha value is -2.62. The van der Waals surface area contributed by atoms with Crippen LogP contribution in [0.1, 0.15) is 25.0 Å². The van der Waals surface area contributed by atoms with Gasteiger partial charge in [-0.25, -0.2) is 4.39 Å². The number of nitrogens with zero attached hydrogens (tertiary/aromatic N) is 1. The molecule has 0 aliphatic heterocycles. The highest BCUT2D eigenvalue weighted by atomic mass is 19.1. The predicted molar refractivity (Wildman–Crippen MR) is 99.0 cm³/mol. The smallest absolute Gasteiger partial charge is 0.246 e. The molecule has 2 rings (SSSR count). The van der Waals surface area contributed by atoms with E-state index in [4.69, 9.17) is 4.74 Å². The van der Waals surface area contributed by atoms with Crippen LogP contribution in [0.4, 0.5) is 4.39 Å². The minimum atomic E-state index is -0.285. The largest absolute Gasteiger partial charge is 0.497 e. The summed E-state index contributed by atoms with van der Waals surface area (Å²) < 4.78 is 18.1. The summed E-state index contributed by atoms with van der Waals surface area (Å²) in [6.45, 7) is 4.63. The molecule has 0 saturated carbocycles. The van der Waals surface area contributed by atoms with Crippen LogP contribution in [0, 0.1) is 5.82 Å². The first-order valence-corrected chi connectivity index (χ1v) is 8.40. The second kappa shape index (κ2) is 9.02. The minimum absolute atomic E-state index is 0.0483. The lowest BCUT2D eigenvalue weighted by atomic mass is 10.1. The molecule has 0 heterocycles. The fourth-order valence-electron chi connectivity index (χ4n) is 2.73. The summed E-state index contributed by atoms with van der Waals surface area (Å²) in [5, 5.41) is 0. The van der Waals surface area contributed by atoms with Gasteiger partial charge in [-0.1, -0.05) is 24.3 Å². The maximum Gasteiger partial charge on any atom is 0.246 e. The maximum absolute atomic E-state index is 12.9. The van der Waals surface area contributed by atoms with E-state index in [2.05, 4.69) is 0 Å². The summed E-state index contributed by atoms with van der Waals surface area (Å²) in [5.74, 6) is 0.488. The number of amides is 1. The number of ether oxygens (including phenoxy) is 1. The molecule has 0 aromatic heterocycles. The average molecular weight is 341 g/mol. The highest BCUT2D eigenvalue weighted by Crippen LogP contribution is 2.15. The van der Waals surface area contributed by atoms with Gasteiger partial charge in [0.2, 0.25) is 5.91 Å². The topological polar surface area (TPSA) is 29.5 Å². The lowest BCUT2D eigenvalue weighted by Crippen LogP contribution is -2.38. The second-order valence-corrected chi connectivity index (χ2v) is 5.91. The Balaban J connectivity index is 2.00. The number of hydrogen-bond donors (Lipinski definition) is 0. The van der Waals surface area contributed by atoms with Gasteiger partial charge in [-0.3, -0.25) is 4.79 Å². The first-order chi connectivity index (χ1) is 12.0. The number of benzene rings is 2. The van der Waals surface area contributed by atoms with Crippen molar-refractivity contribution in [1.82, 2.24) is 4.90 Å². The van der Waals surface area contributed by atoms with Crippen molar-refractivity contribution in [3.63, 3.8) is 0 Å². The molecule has 1 unspecified atom stereocenters. The number of methoxy groups -OCH3 is 1. The van der Waals surface area contributed by atoms with E-state index in [1.54, 1.807) is 31.4 Å². The summed E-state index contributed by atoms with van der Waals surface area (Å²) in [6, 6.07) is 14.0. The van der Waals surface area contributed by atoms with Crippen molar-refractivity contribution in [2.45, 2.75) is 26.3 Å². The molecular weight excluding hydrogens is 317 g/mol. The third-order valence-corrected chi connectivity index (χ3v) is 4.13. The Labute approximate surface area is 148 Å². The number of carbonyl (C=O) groups is 1. The molecule has 2 aromatic rings. The third-order valence-electron chi connectivity index (χ3n) is 4.13. The van der Waals surface area contributed by atoms with E-state index in [0.717, 1.165) is 23.3 Å². The van der Waals surface area contributed by atoms with Crippen molar-refractivity contribution in [3.05, 3.63) is 71.6 Å². The molecular formula is C21H24FNO2. The molecule has 0 radical (unpaired) electrons. The molecule has 0 bridgehead atoms. The Morgan fingerprint density at radius 1 is 1.16 bits per heavy atom. The summed E-state index contributed by atoms with van der Waals surface area (Å²) in [6.07, 6.45) is 4.03.